The van der Waals surface area contributed by atoms with Crippen molar-refractivity contribution in [3.05, 3.63) is 0 Å². The molecular formula is C8H8O8Ru. The molecule has 8 nitrogen and oxygen atoms in total. The summed E-state index contributed by atoms with van der Waals surface area (Å²) in [6.45, 7) is 26.0. The molecule has 0 heterocycles. The molecule has 9 heteroatoms. The zero-order chi connectivity index (χ0) is 16.0. The molecule has 0 saturated heterocycles. The molecule has 0 aliphatic carbocycles. The van der Waals surface area contributed by atoms with Crippen LogP contribution in [0, 0.1) is 0 Å². The van der Waals surface area contributed by atoms with Crippen LogP contribution in [0.2, 0.25) is 0 Å². The van der Waals surface area contributed by atoms with E-state index in [0.717, 1.165) is 0 Å². The molecule has 0 bridgehead atoms. The third-order valence-corrected chi connectivity index (χ3v) is 0. The van der Waals surface area contributed by atoms with Crippen LogP contribution in [0.3, 0.4) is 0 Å². The van der Waals surface area contributed by atoms with E-state index < -0.39 is 0 Å². The van der Waals surface area contributed by atoms with Gasteiger partial charge in [-0.05, 0) is 0 Å². The molecular weight excluding hydrogens is 325 g/mol. The maximum atomic E-state index is 7.75. The van der Waals surface area contributed by atoms with Crippen LogP contribution in [-0.4, -0.2) is 54.3 Å². The Morgan fingerprint density at radius 1 is 0.235 bits per heavy atom. The first-order valence-corrected chi connectivity index (χ1v) is 1.89. The van der Waals surface area contributed by atoms with Gasteiger partial charge in [-0.15, -0.1) is 0 Å². The Morgan fingerprint density at radius 3 is 0.235 bits per heavy atom. The molecule has 0 N–H and O–H groups in total. The van der Waals surface area contributed by atoms with Gasteiger partial charge in [0.2, 0.25) is 0 Å². The van der Waals surface area contributed by atoms with E-state index in [9.17, 15) is 0 Å². The van der Waals surface area contributed by atoms with Crippen molar-refractivity contribution < 1.29 is 57.8 Å². The van der Waals surface area contributed by atoms with Gasteiger partial charge in [-0.25, -0.2) is 0 Å². The van der Waals surface area contributed by atoms with Crippen LogP contribution in [0.25, 0.3) is 0 Å². The smallest absolute Gasteiger partial charge is 0.545 e. The Labute approximate surface area is 113 Å². The summed E-state index contributed by atoms with van der Waals surface area (Å²) in [6.07, 6.45) is 0. The minimum atomic E-state index is 0. The van der Waals surface area contributed by atoms with E-state index in [4.69, 9.17) is 38.4 Å². The first kappa shape index (κ1) is 81.8. The molecule has 0 saturated carbocycles. The van der Waals surface area contributed by atoms with Crippen LogP contribution in [0.15, 0.2) is 0 Å². The average molecular weight is 333 g/mol. The molecule has 0 amide bonds. The Kier molecular flexibility index (Phi) is 2790. The first-order valence-electron chi connectivity index (χ1n) is 1.89. The van der Waals surface area contributed by atoms with Gasteiger partial charge >= 0.3 is 19.5 Å². The number of carbonyl (C=O) groups excluding carboxylic acids is 8. The van der Waals surface area contributed by atoms with Crippen LogP contribution < -0.4 is 0 Å². The average Bonchev–Trinajstić information content (AvgIpc) is 2.54. The van der Waals surface area contributed by atoms with Crippen molar-refractivity contribution in [3.63, 3.8) is 0 Å². The van der Waals surface area contributed by atoms with Crippen molar-refractivity contribution in [2.75, 3.05) is 0 Å². The second kappa shape index (κ2) is 580. The van der Waals surface area contributed by atoms with E-state index in [1.54, 1.807) is 0 Å². The second-order valence-corrected chi connectivity index (χ2v) is 0. The van der Waals surface area contributed by atoms with Crippen molar-refractivity contribution in [2.45, 2.75) is 0 Å². The van der Waals surface area contributed by atoms with Gasteiger partial charge in [-0.3, -0.25) is 54.3 Å². The molecule has 0 aromatic heterocycles. The molecule has 0 aliphatic rings. The molecule has 17 heavy (non-hydrogen) atoms. The summed E-state index contributed by atoms with van der Waals surface area (Å²) in [5.74, 6) is 0. The van der Waals surface area contributed by atoms with Crippen molar-refractivity contribution in [1.82, 2.24) is 0 Å². The first-order chi connectivity index (χ1) is 8.00. The third-order valence-electron chi connectivity index (χ3n) is 0. The van der Waals surface area contributed by atoms with Gasteiger partial charge in [-0.2, -0.15) is 0 Å². The Bertz CT molecular complexity index is 45.5. The standard InChI is InChI=1S/8CHO.Ru/c8*1-2;/h8*1H;/q8*-1;+8. The largest absolute Gasteiger partial charge is 8.00 e. The molecule has 0 rings (SSSR count). The SMILES string of the molecule is [CH-]=O.[CH-]=O.[CH-]=O.[CH-]=O.[CH-]=O.[CH-]=O.[CH-]=O.[CH-]=O.[Ru+8]. The Hall–Kier alpha value is -2.02. The van der Waals surface area contributed by atoms with E-state index >= 15 is 0 Å². The molecule has 0 aromatic carbocycles. The number of hydrogen-bond acceptors (Lipinski definition) is 8. The maximum Gasteiger partial charge on any atom is 8.00 e. The molecule has 0 unspecified atom stereocenters. The van der Waals surface area contributed by atoms with Crippen molar-refractivity contribution in [1.29, 1.82) is 0 Å². The summed E-state index contributed by atoms with van der Waals surface area (Å²) in [5.41, 5.74) is 0. The van der Waals surface area contributed by atoms with Gasteiger partial charge in [0.1, 0.15) is 0 Å². The second-order valence-electron chi connectivity index (χ2n) is 0. The number of rotatable bonds is 0. The fourth-order valence-electron chi connectivity index (χ4n) is 0. The van der Waals surface area contributed by atoms with E-state index in [2.05, 4.69) is 54.3 Å². The molecule has 0 aromatic rings. The van der Waals surface area contributed by atoms with Crippen LogP contribution in [0.5, 0.6) is 0 Å². The Morgan fingerprint density at radius 2 is 0.235 bits per heavy atom. The van der Waals surface area contributed by atoms with E-state index in [0.29, 0.717) is 0 Å². The summed E-state index contributed by atoms with van der Waals surface area (Å²) in [5, 5.41) is 0. The summed E-state index contributed by atoms with van der Waals surface area (Å²) in [6, 6.07) is 0. The van der Waals surface area contributed by atoms with Crippen molar-refractivity contribution in [3.8, 4) is 0 Å². The van der Waals surface area contributed by atoms with Crippen LogP contribution in [0.1, 0.15) is 0 Å². The topological polar surface area (TPSA) is 137 Å². The van der Waals surface area contributed by atoms with Gasteiger partial charge < -0.3 is 38.4 Å². The normalized spacial score (nSPS) is 1.88. The predicted molar refractivity (Wildman–Crippen MR) is 54.0 cm³/mol. The summed E-state index contributed by atoms with van der Waals surface area (Å²) < 4.78 is 0. The molecule has 0 fully saturated rings. The summed E-state index contributed by atoms with van der Waals surface area (Å²) >= 11 is 0. The predicted octanol–water partition coefficient (Wildman–Crippen LogP) is -2.20. The van der Waals surface area contributed by atoms with E-state index in [-0.39, 0.29) is 19.5 Å². The molecule has 0 radical (unpaired) electrons. The molecule has 96 valence electrons. The Balaban J connectivity index is -0.00000000610. The summed E-state index contributed by atoms with van der Waals surface area (Å²) in [7, 11) is 0. The quantitative estimate of drug-likeness (QED) is 0.277. The van der Waals surface area contributed by atoms with Crippen molar-refractivity contribution in [2.24, 2.45) is 0 Å². The van der Waals surface area contributed by atoms with E-state index in [1.807, 2.05) is 0 Å². The van der Waals surface area contributed by atoms with Crippen LogP contribution in [-0.2, 0) is 57.8 Å². The van der Waals surface area contributed by atoms with Crippen molar-refractivity contribution >= 4 is 54.3 Å². The summed E-state index contributed by atoms with van der Waals surface area (Å²) in [4.78, 5) is 62.0. The van der Waals surface area contributed by atoms with Crippen LogP contribution in [0.4, 0.5) is 0 Å². The third kappa shape index (κ3) is 494. The fraction of sp³-hybridized carbons (Fsp3) is 0. The molecule has 0 atom stereocenters. The minimum Gasteiger partial charge on any atom is -0.545 e. The monoisotopic (exact) mass is 334 g/mol. The maximum absolute atomic E-state index is 7.75. The van der Waals surface area contributed by atoms with Gasteiger partial charge in [0.15, 0.2) is 0 Å². The molecule has 0 aliphatic heterocycles. The minimum absolute atomic E-state index is 0. The van der Waals surface area contributed by atoms with Gasteiger partial charge in [0, 0.05) is 0 Å². The van der Waals surface area contributed by atoms with Gasteiger partial charge in [0.05, 0.1) is 0 Å². The zero-order valence-electron chi connectivity index (χ0n) is 8.24. The van der Waals surface area contributed by atoms with Crippen LogP contribution >= 0.6 is 0 Å². The van der Waals surface area contributed by atoms with E-state index in [1.165, 1.54) is 0 Å². The number of hydrogen-bond donors (Lipinski definition) is 0. The zero-order valence-corrected chi connectivity index (χ0v) is 9.98. The van der Waals surface area contributed by atoms with Gasteiger partial charge in [-0.1, -0.05) is 0 Å². The van der Waals surface area contributed by atoms with Gasteiger partial charge in [0.25, 0.3) is 0 Å². The molecule has 0 spiro atoms. The fourth-order valence-corrected chi connectivity index (χ4v) is 0.